The first-order valence-corrected chi connectivity index (χ1v) is 3.53. The van der Waals surface area contributed by atoms with Gasteiger partial charge in [-0.05, 0) is 12.8 Å². The van der Waals surface area contributed by atoms with Gasteiger partial charge in [0.25, 0.3) is 0 Å². The normalized spacial score (nSPS) is 13.1. The Labute approximate surface area is 61.0 Å². The SMILES string of the molecule is C=CC(CCCCl)NN. The maximum absolute atomic E-state index is 5.46. The molecule has 1 atom stereocenters. The minimum atomic E-state index is 0.212. The Kier molecular flexibility index (Phi) is 6.04. The summed E-state index contributed by atoms with van der Waals surface area (Å²) in [5, 5.41) is 0. The van der Waals surface area contributed by atoms with Crippen LogP contribution in [0, 0.1) is 0 Å². The molecule has 9 heavy (non-hydrogen) atoms. The van der Waals surface area contributed by atoms with Gasteiger partial charge in [-0.15, -0.1) is 18.2 Å². The highest BCUT2D eigenvalue weighted by Crippen LogP contribution is 1.97. The summed E-state index contributed by atoms with van der Waals surface area (Å²) in [5.74, 6) is 5.85. The van der Waals surface area contributed by atoms with Gasteiger partial charge in [-0.25, -0.2) is 0 Å². The summed E-state index contributed by atoms with van der Waals surface area (Å²) in [6, 6.07) is 0.212. The van der Waals surface area contributed by atoms with Crippen molar-refractivity contribution in [2.75, 3.05) is 5.88 Å². The van der Waals surface area contributed by atoms with Crippen molar-refractivity contribution in [2.45, 2.75) is 18.9 Å². The maximum atomic E-state index is 5.46. The van der Waals surface area contributed by atoms with Gasteiger partial charge in [0.1, 0.15) is 0 Å². The number of alkyl halides is 1. The highest BCUT2D eigenvalue weighted by molar-refractivity contribution is 6.17. The molecule has 0 radical (unpaired) electrons. The van der Waals surface area contributed by atoms with Gasteiger partial charge >= 0.3 is 0 Å². The fraction of sp³-hybridized carbons (Fsp3) is 0.667. The van der Waals surface area contributed by atoms with Crippen LogP contribution in [0.3, 0.4) is 0 Å². The fourth-order valence-electron chi connectivity index (χ4n) is 0.566. The average Bonchev–Trinajstić information content (AvgIpc) is 1.91. The van der Waals surface area contributed by atoms with E-state index in [4.69, 9.17) is 17.4 Å². The Hall–Kier alpha value is -0.0500. The van der Waals surface area contributed by atoms with Crippen molar-refractivity contribution in [3.63, 3.8) is 0 Å². The van der Waals surface area contributed by atoms with Crippen LogP contribution in [0.15, 0.2) is 12.7 Å². The van der Waals surface area contributed by atoms with Gasteiger partial charge in [-0.2, -0.15) is 0 Å². The van der Waals surface area contributed by atoms with Crippen LogP contribution in [-0.2, 0) is 0 Å². The lowest BCUT2D eigenvalue weighted by atomic mass is 10.2. The molecule has 0 aliphatic heterocycles. The molecule has 0 heterocycles. The van der Waals surface area contributed by atoms with E-state index in [1.165, 1.54) is 0 Å². The molecule has 0 aliphatic rings. The summed E-state index contributed by atoms with van der Waals surface area (Å²) in [5.41, 5.74) is 2.61. The van der Waals surface area contributed by atoms with Crippen molar-refractivity contribution in [3.8, 4) is 0 Å². The second-order valence-corrected chi connectivity index (χ2v) is 2.22. The molecule has 0 spiro atoms. The highest BCUT2D eigenvalue weighted by Gasteiger charge is 1.97. The van der Waals surface area contributed by atoms with Gasteiger partial charge in [0, 0.05) is 11.9 Å². The van der Waals surface area contributed by atoms with E-state index in [1.54, 1.807) is 6.08 Å². The number of nitrogens with two attached hydrogens (primary N) is 1. The summed E-state index contributed by atoms with van der Waals surface area (Å²) >= 11 is 5.46. The molecule has 0 aromatic carbocycles. The zero-order valence-electron chi connectivity index (χ0n) is 5.44. The third-order valence-electron chi connectivity index (χ3n) is 1.15. The lowest BCUT2D eigenvalue weighted by Crippen LogP contribution is -2.33. The van der Waals surface area contributed by atoms with Crippen molar-refractivity contribution < 1.29 is 0 Å². The summed E-state index contributed by atoms with van der Waals surface area (Å²) in [4.78, 5) is 0. The van der Waals surface area contributed by atoms with Crippen molar-refractivity contribution in [1.82, 2.24) is 5.43 Å². The zero-order chi connectivity index (χ0) is 7.11. The highest BCUT2D eigenvalue weighted by atomic mass is 35.5. The Bertz CT molecular complexity index is 75.5. The number of hydrogen-bond acceptors (Lipinski definition) is 2. The Balaban J connectivity index is 3.20. The van der Waals surface area contributed by atoms with E-state index in [9.17, 15) is 0 Å². The second-order valence-electron chi connectivity index (χ2n) is 1.84. The van der Waals surface area contributed by atoms with Crippen LogP contribution in [-0.4, -0.2) is 11.9 Å². The second kappa shape index (κ2) is 6.08. The predicted molar refractivity (Wildman–Crippen MR) is 41.3 cm³/mol. The molecule has 0 fully saturated rings. The molecule has 2 nitrogen and oxygen atoms in total. The molecule has 1 unspecified atom stereocenters. The largest absolute Gasteiger partial charge is 0.271 e. The van der Waals surface area contributed by atoms with E-state index >= 15 is 0 Å². The molecule has 3 heteroatoms. The van der Waals surface area contributed by atoms with E-state index in [2.05, 4.69) is 12.0 Å². The first-order chi connectivity index (χ1) is 4.35. The van der Waals surface area contributed by atoms with E-state index in [0.717, 1.165) is 12.8 Å². The smallest absolute Gasteiger partial charge is 0.0388 e. The summed E-state index contributed by atoms with van der Waals surface area (Å²) < 4.78 is 0. The van der Waals surface area contributed by atoms with Crippen molar-refractivity contribution in [3.05, 3.63) is 12.7 Å². The molecule has 0 bridgehead atoms. The third-order valence-corrected chi connectivity index (χ3v) is 1.41. The lowest BCUT2D eigenvalue weighted by Gasteiger charge is -2.07. The monoisotopic (exact) mass is 148 g/mol. The van der Waals surface area contributed by atoms with Crippen LogP contribution >= 0.6 is 11.6 Å². The first kappa shape index (κ1) is 8.95. The lowest BCUT2D eigenvalue weighted by molar-refractivity contribution is 0.572. The number of hydrogen-bond donors (Lipinski definition) is 2. The van der Waals surface area contributed by atoms with Gasteiger partial charge in [-0.1, -0.05) is 6.08 Å². The van der Waals surface area contributed by atoms with E-state index in [1.807, 2.05) is 0 Å². The Morgan fingerprint density at radius 1 is 1.78 bits per heavy atom. The molecule has 54 valence electrons. The summed E-state index contributed by atoms with van der Waals surface area (Å²) in [6.45, 7) is 3.60. The van der Waals surface area contributed by atoms with E-state index in [0.29, 0.717) is 5.88 Å². The van der Waals surface area contributed by atoms with E-state index in [-0.39, 0.29) is 6.04 Å². The van der Waals surface area contributed by atoms with Crippen LogP contribution in [0.5, 0.6) is 0 Å². The Morgan fingerprint density at radius 3 is 2.78 bits per heavy atom. The molecule has 0 saturated carbocycles. The molecule has 0 amide bonds. The van der Waals surface area contributed by atoms with Gasteiger partial charge in [0.05, 0.1) is 0 Å². The molecule has 0 saturated heterocycles. The van der Waals surface area contributed by atoms with Crippen LogP contribution in [0.2, 0.25) is 0 Å². The van der Waals surface area contributed by atoms with Crippen molar-refractivity contribution in [1.29, 1.82) is 0 Å². The van der Waals surface area contributed by atoms with Crippen LogP contribution in [0.1, 0.15) is 12.8 Å². The molecular formula is C6H13ClN2. The summed E-state index contributed by atoms with van der Waals surface area (Å²) in [7, 11) is 0. The van der Waals surface area contributed by atoms with Crippen molar-refractivity contribution in [2.24, 2.45) is 5.84 Å². The standard InChI is InChI=1S/C6H13ClN2/c1-2-6(9-8)4-3-5-7/h2,6,9H,1,3-5,8H2. The van der Waals surface area contributed by atoms with Crippen LogP contribution < -0.4 is 11.3 Å². The number of nitrogens with one attached hydrogen (secondary N) is 1. The van der Waals surface area contributed by atoms with Gasteiger partial charge in [0.2, 0.25) is 0 Å². The first-order valence-electron chi connectivity index (χ1n) is 2.99. The molecule has 0 rings (SSSR count). The third kappa shape index (κ3) is 4.45. The Morgan fingerprint density at radius 2 is 2.44 bits per heavy atom. The van der Waals surface area contributed by atoms with E-state index < -0.39 is 0 Å². The molecule has 0 aromatic rings. The molecular weight excluding hydrogens is 136 g/mol. The van der Waals surface area contributed by atoms with Gasteiger partial charge in [-0.3, -0.25) is 11.3 Å². The number of rotatable bonds is 5. The quantitative estimate of drug-likeness (QED) is 0.265. The average molecular weight is 149 g/mol. The molecule has 3 N–H and O–H groups in total. The minimum absolute atomic E-state index is 0.212. The van der Waals surface area contributed by atoms with Crippen molar-refractivity contribution >= 4 is 11.6 Å². The van der Waals surface area contributed by atoms with Gasteiger partial charge in [0.15, 0.2) is 0 Å². The van der Waals surface area contributed by atoms with Crippen LogP contribution in [0.25, 0.3) is 0 Å². The fourth-order valence-corrected chi connectivity index (χ4v) is 0.721. The molecule has 0 aromatic heterocycles. The summed E-state index contributed by atoms with van der Waals surface area (Å²) in [6.07, 6.45) is 3.72. The van der Waals surface area contributed by atoms with Gasteiger partial charge < -0.3 is 0 Å². The zero-order valence-corrected chi connectivity index (χ0v) is 6.19. The maximum Gasteiger partial charge on any atom is 0.0388 e. The predicted octanol–water partition coefficient (Wildman–Crippen LogP) is 1.02. The molecule has 0 aliphatic carbocycles. The number of halogens is 1. The number of hydrazine groups is 1. The topological polar surface area (TPSA) is 38.0 Å². The minimum Gasteiger partial charge on any atom is -0.271 e. The van der Waals surface area contributed by atoms with Crippen LogP contribution in [0.4, 0.5) is 0 Å².